The lowest BCUT2D eigenvalue weighted by molar-refractivity contribution is -0.142. The highest BCUT2D eigenvalue weighted by atomic mass is 16.5. The predicted octanol–water partition coefficient (Wildman–Crippen LogP) is 1.86. The van der Waals surface area contributed by atoms with Crippen LogP contribution in [-0.2, 0) is 4.79 Å². The molecule has 1 aromatic heterocycles. The third-order valence-electron chi connectivity index (χ3n) is 2.97. The van der Waals surface area contributed by atoms with Gasteiger partial charge in [-0.3, -0.25) is 9.69 Å². The number of likely N-dealkylation sites (N-methyl/N-ethyl adjacent to an activating group) is 1. The van der Waals surface area contributed by atoms with Gasteiger partial charge in [-0.05, 0) is 32.3 Å². The molecule has 1 unspecified atom stereocenters. The van der Waals surface area contributed by atoms with Gasteiger partial charge in [-0.15, -0.1) is 0 Å². The molecular formula is C13H16N2O3. The Morgan fingerprint density at radius 2 is 2.17 bits per heavy atom. The van der Waals surface area contributed by atoms with E-state index in [0.717, 1.165) is 16.5 Å². The summed E-state index contributed by atoms with van der Waals surface area (Å²) in [6.45, 7) is 0. The number of benzene rings is 1. The number of rotatable bonds is 4. The summed E-state index contributed by atoms with van der Waals surface area (Å²) >= 11 is 0. The van der Waals surface area contributed by atoms with Crippen LogP contribution < -0.4 is 4.74 Å². The van der Waals surface area contributed by atoms with E-state index < -0.39 is 12.0 Å². The SMILES string of the molecule is COc1ccc2[nH]cc(C(C(=O)O)N(C)C)c2c1. The number of aliphatic carboxylic acids is 1. The summed E-state index contributed by atoms with van der Waals surface area (Å²) in [6, 6.07) is 4.90. The van der Waals surface area contributed by atoms with Crippen LogP contribution in [0.3, 0.4) is 0 Å². The normalized spacial score (nSPS) is 12.9. The Hall–Kier alpha value is -2.01. The fourth-order valence-corrected chi connectivity index (χ4v) is 2.11. The van der Waals surface area contributed by atoms with Gasteiger partial charge < -0.3 is 14.8 Å². The number of ether oxygens (including phenoxy) is 1. The number of hydrogen-bond acceptors (Lipinski definition) is 3. The monoisotopic (exact) mass is 248 g/mol. The summed E-state index contributed by atoms with van der Waals surface area (Å²) in [5.41, 5.74) is 1.64. The van der Waals surface area contributed by atoms with Crippen molar-refractivity contribution in [1.29, 1.82) is 0 Å². The summed E-state index contributed by atoms with van der Waals surface area (Å²) in [6.07, 6.45) is 1.74. The fraction of sp³-hybridized carbons (Fsp3) is 0.308. The number of aromatic nitrogens is 1. The van der Waals surface area contributed by atoms with Crippen LogP contribution in [0, 0.1) is 0 Å². The summed E-state index contributed by atoms with van der Waals surface area (Å²) in [5.74, 6) is -0.157. The van der Waals surface area contributed by atoms with Crippen molar-refractivity contribution in [3.63, 3.8) is 0 Å². The third-order valence-corrected chi connectivity index (χ3v) is 2.97. The minimum absolute atomic E-state index is 0.675. The first kappa shape index (κ1) is 12.4. The van der Waals surface area contributed by atoms with E-state index in [1.54, 1.807) is 32.3 Å². The first-order valence-corrected chi connectivity index (χ1v) is 5.59. The standard InChI is InChI=1S/C13H16N2O3/c1-15(2)12(13(16)17)10-7-14-11-5-4-8(18-3)6-9(10)11/h4-7,12,14H,1-3H3,(H,16,17). The highest BCUT2D eigenvalue weighted by molar-refractivity contribution is 5.90. The lowest BCUT2D eigenvalue weighted by Gasteiger charge is -2.19. The average Bonchev–Trinajstić information content (AvgIpc) is 2.71. The molecule has 0 aliphatic heterocycles. The van der Waals surface area contributed by atoms with Gasteiger partial charge in [0, 0.05) is 22.7 Å². The number of carboxylic acid groups (broad SMARTS) is 1. The number of carbonyl (C=O) groups is 1. The molecule has 2 aromatic rings. The molecule has 0 amide bonds. The topological polar surface area (TPSA) is 65.6 Å². The van der Waals surface area contributed by atoms with Gasteiger partial charge in [-0.1, -0.05) is 0 Å². The number of fused-ring (bicyclic) bond motifs is 1. The molecule has 2 N–H and O–H groups in total. The molecule has 0 fully saturated rings. The second kappa shape index (κ2) is 4.70. The van der Waals surface area contributed by atoms with E-state index in [0.29, 0.717) is 5.75 Å². The van der Waals surface area contributed by atoms with Gasteiger partial charge in [0.05, 0.1) is 7.11 Å². The van der Waals surface area contributed by atoms with Crippen LogP contribution in [0.15, 0.2) is 24.4 Å². The van der Waals surface area contributed by atoms with Crippen molar-refractivity contribution in [3.05, 3.63) is 30.0 Å². The molecule has 0 radical (unpaired) electrons. The average molecular weight is 248 g/mol. The van der Waals surface area contributed by atoms with Gasteiger partial charge in [0.15, 0.2) is 0 Å². The largest absolute Gasteiger partial charge is 0.497 e. The molecule has 0 saturated carbocycles. The van der Waals surface area contributed by atoms with E-state index in [1.807, 2.05) is 18.2 Å². The smallest absolute Gasteiger partial charge is 0.325 e. The molecule has 5 nitrogen and oxygen atoms in total. The Kier molecular flexibility index (Phi) is 3.25. The van der Waals surface area contributed by atoms with Crippen molar-refractivity contribution < 1.29 is 14.6 Å². The Balaban J connectivity index is 2.59. The molecule has 0 saturated heterocycles. The molecule has 0 aliphatic carbocycles. The first-order valence-electron chi connectivity index (χ1n) is 5.59. The third kappa shape index (κ3) is 2.04. The number of H-pyrrole nitrogens is 1. The number of carboxylic acids is 1. The molecule has 1 atom stereocenters. The minimum atomic E-state index is -0.872. The van der Waals surface area contributed by atoms with Crippen LogP contribution in [0.5, 0.6) is 5.75 Å². The van der Waals surface area contributed by atoms with Crippen molar-refractivity contribution in [1.82, 2.24) is 9.88 Å². The Bertz CT molecular complexity index is 575. The number of hydrogen-bond donors (Lipinski definition) is 2. The Morgan fingerprint density at radius 3 is 2.72 bits per heavy atom. The van der Waals surface area contributed by atoms with Gasteiger partial charge in [-0.2, -0.15) is 0 Å². The second-order valence-corrected chi connectivity index (χ2v) is 4.36. The molecular weight excluding hydrogens is 232 g/mol. The van der Waals surface area contributed by atoms with Crippen molar-refractivity contribution in [2.75, 3.05) is 21.2 Å². The van der Waals surface area contributed by atoms with E-state index in [9.17, 15) is 9.90 Å². The molecule has 0 bridgehead atoms. The first-order chi connectivity index (χ1) is 8.54. The van der Waals surface area contributed by atoms with Crippen LogP contribution >= 0.6 is 0 Å². The maximum Gasteiger partial charge on any atom is 0.325 e. The minimum Gasteiger partial charge on any atom is -0.497 e. The lowest BCUT2D eigenvalue weighted by Crippen LogP contribution is -2.27. The maximum atomic E-state index is 11.4. The molecule has 0 aliphatic rings. The number of methoxy groups -OCH3 is 1. The van der Waals surface area contributed by atoms with E-state index in [-0.39, 0.29) is 0 Å². The summed E-state index contributed by atoms with van der Waals surface area (Å²) in [5, 5.41) is 10.2. The van der Waals surface area contributed by atoms with Crippen LogP contribution in [0.2, 0.25) is 0 Å². The number of nitrogens with one attached hydrogen (secondary N) is 1. The Labute approximate surface area is 105 Å². The van der Waals surface area contributed by atoms with Crippen molar-refractivity contribution in [2.24, 2.45) is 0 Å². The Morgan fingerprint density at radius 1 is 1.44 bits per heavy atom. The van der Waals surface area contributed by atoms with Gasteiger partial charge in [0.2, 0.25) is 0 Å². The zero-order valence-electron chi connectivity index (χ0n) is 10.6. The quantitative estimate of drug-likeness (QED) is 0.866. The van der Waals surface area contributed by atoms with Crippen LogP contribution in [0.25, 0.3) is 10.9 Å². The summed E-state index contributed by atoms with van der Waals surface area (Å²) in [4.78, 5) is 16.1. The van der Waals surface area contributed by atoms with E-state index in [1.165, 1.54) is 0 Å². The van der Waals surface area contributed by atoms with Crippen LogP contribution in [0.1, 0.15) is 11.6 Å². The molecule has 0 spiro atoms. The summed E-state index contributed by atoms with van der Waals surface area (Å²) < 4.78 is 5.17. The van der Waals surface area contributed by atoms with E-state index in [4.69, 9.17) is 4.74 Å². The number of aromatic amines is 1. The molecule has 2 rings (SSSR count). The van der Waals surface area contributed by atoms with Crippen molar-refractivity contribution in [2.45, 2.75) is 6.04 Å². The second-order valence-electron chi connectivity index (χ2n) is 4.36. The maximum absolute atomic E-state index is 11.4. The van der Waals surface area contributed by atoms with E-state index >= 15 is 0 Å². The predicted molar refractivity (Wildman–Crippen MR) is 68.9 cm³/mol. The zero-order chi connectivity index (χ0) is 13.3. The van der Waals surface area contributed by atoms with Gasteiger partial charge >= 0.3 is 5.97 Å². The van der Waals surface area contributed by atoms with E-state index in [2.05, 4.69) is 4.98 Å². The highest BCUT2D eigenvalue weighted by Crippen LogP contribution is 2.29. The van der Waals surface area contributed by atoms with Gasteiger partial charge in [-0.25, -0.2) is 0 Å². The summed E-state index contributed by atoms with van der Waals surface area (Å²) in [7, 11) is 5.09. The zero-order valence-corrected chi connectivity index (χ0v) is 10.6. The number of nitrogens with zero attached hydrogens (tertiary/aromatic N) is 1. The van der Waals surface area contributed by atoms with Crippen molar-refractivity contribution in [3.8, 4) is 5.75 Å². The van der Waals surface area contributed by atoms with Gasteiger partial charge in [0.1, 0.15) is 11.8 Å². The van der Waals surface area contributed by atoms with Crippen LogP contribution in [-0.4, -0.2) is 42.2 Å². The molecule has 5 heteroatoms. The molecule has 96 valence electrons. The van der Waals surface area contributed by atoms with Crippen molar-refractivity contribution >= 4 is 16.9 Å². The van der Waals surface area contributed by atoms with Gasteiger partial charge in [0.25, 0.3) is 0 Å². The lowest BCUT2D eigenvalue weighted by atomic mass is 10.0. The molecule has 18 heavy (non-hydrogen) atoms. The molecule has 1 aromatic carbocycles. The fourth-order valence-electron chi connectivity index (χ4n) is 2.11. The highest BCUT2D eigenvalue weighted by Gasteiger charge is 2.25. The van der Waals surface area contributed by atoms with Crippen LogP contribution in [0.4, 0.5) is 0 Å². The molecule has 1 heterocycles.